The number of carbonyl (C=O) groups is 2. The zero-order valence-corrected chi connectivity index (χ0v) is 14.9. The SMILES string of the molecule is CCCn1nc(C)c(C(=O)N2CCc3ccc(C(=O)O)cc3C2)c1C. The minimum absolute atomic E-state index is 0.0243. The fourth-order valence-electron chi connectivity index (χ4n) is 3.46. The molecule has 25 heavy (non-hydrogen) atoms. The number of carboxylic acids is 1. The summed E-state index contributed by atoms with van der Waals surface area (Å²) in [6, 6.07) is 5.16. The molecule has 0 bridgehead atoms. The van der Waals surface area contributed by atoms with Crippen molar-refractivity contribution in [3.63, 3.8) is 0 Å². The number of aromatic nitrogens is 2. The summed E-state index contributed by atoms with van der Waals surface area (Å²) in [6.45, 7) is 7.75. The molecule has 3 rings (SSSR count). The van der Waals surface area contributed by atoms with Crippen molar-refractivity contribution in [2.75, 3.05) is 6.54 Å². The summed E-state index contributed by atoms with van der Waals surface area (Å²) < 4.78 is 1.89. The maximum Gasteiger partial charge on any atom is 0.335 e. The molecular formula is C19H23N3O3. The first kappa shape index (κ1) is 17.2. The van der Waals surface area contributed by atoms with E-state index in [1.165, 1.54) is 0 Å². The van der Waals surface area contributed by atoms with Crippen molar-refractivity contribution in [2.24, 2.45) is 0 Å². The highest BCUT2D eigenvalue weighted by molar-refractivity contribution is 5.96. The first-order valence-electron chi connectivity index (χ1n) is 8.60. The van der Waals surface area contributed by atoms with Gasteiger partial charge >= 0.3 is 5.97 Å². The van der Waals surface area contributed by atoms with Crippen molar-refractivity contribution < 1.29 is 14.7 Å². The van der Waals surface area contributed by atoms with Crippen LogP contribution >= 0.6 is 0 Å². The molecular weight excluding hydrogens is 318 g/mol. The normalized spacial score (nSPS) is 13.6. The van der Waals surface area contributed by atoms with Crippen LogP contribution in [-0.2, 0) is 19.5 Å². The summed E-state index contributed by atoms with van der Waals surface area (Å²) in [7, 11) is 0. The quantitative estimate of drug-likeness (QED) is 0.928. The average molecular weight is 341 g/mol. The fourth-order valence-corrected chi connectivity index (χ4v) is 3.46. The van der Waals surface area contributed by atoms with Crippen LogP contribution in [0.1, 0.15) is 56.6 Å². The van der Waals surface area contributed by atoms with Crippen LogP contribution in [0.5, 0.6) is 0 Å². The number of hydrogen-bond donors (Lipinski definition) is 1. The predicted molar refractivity (Wildman–Crippen MR) is 93.8 cm³/mol. The molecule has 1 aliphatic heterocycles. The molecule has 0 saturated heterocycles. The molecule has 0 saturated carbocycles. The van der Waals surface area contributed by atoms with E-state index in [-0.39, 0.29) is 11.5 Å². The van der Waals surface area contributed by atoms with E-state index in [0.29, 0.717) is 18.7 Å². The molecule has 2 heterocycles. The van der Waals surface area contributed by atoms with E-state index < -0.39 is 5.97 Å². The topological polar surface area (TPSA) is 75.4 Å². The lowest BCUT2D eigenvalue weighted by Gasteiger charge is -2.29. The molecule has 1 amide bonds. The van der Waals surface area contributed by atoms with Crippen LogP contribution in [-0.4, -0.2) is 38.2 Å². The summed E-state index contributed by atoms with van der Waals surface area (Å²) in [5, 5.41) is 13.7. The second-order valence-electron chi connectivity index (χ2n) is 6.53. The Morgan fingerprint density at radius 1 is 1.24 bits per heavy atom. The van der Waals surface area contributed by atoms with Gasteiger partial charge in [0.2, 0.25) is 0 Å². The van der Waals surface area contributed by atoms with Crippen molar-refractivity contribution in [3.8, 4) is 0 Å². The number of nitrogens with zero attached hydrogens (tertiary/aromatic N) is 3. The fraction of sp³-hybridized carbons (Fsp3) is 0.421. The van der Waals surface area contributed by atoms with Gasteiger partial charge in [0.05, 0.1) is 16.8 Å². The van der Waals surface area contributed by atoms with Crippen LogP contribution in [0, 0.1) is 13.8 Å². The second kappa shape index (κ2) is 6.70. The Hall–Kier alpha value is -2.63. The Morgan fingerprint density at radius 3 is 2.68 bits per heavy atom. The van der Waals surface area contributed by atoms with Crippen molar-refractivity contribution in [1.29, 1.82) is 0 Å². The molecule has 6 nitrogen and oxygen atoms in total. The lowest BCUT2D eigenvalue weighted by Crippen LogP contribution is -2.36. The number of benzene rings is 1. The van der Waals surface area contributed by atoms with Crippen molar-refractivity contribution in [3.05, 3.63) is 51.8 Å². The standard InChI is InChI=1S/C19H23N3O3/c1-4-8-22-13(3)17(12(2)20-22)18(23)21-9-7-14-5-6-15(19(24)25)10-16(14)11-21/h5-6,10H,4,7-9,11H2,1-3H3,(H,24,25). The van der Waals surface area contributed by atoms with Crippen LogP contribution in [0.3, 0.4) is 0 Å². The van der Waals surface area contributed by atoms with Gasteiger partial charge in [0.25, 0.3) is 5.91 Å². The van der Waals surface area contributed by atoms with E-state index in [2.05, 4.69) is 12.0 Å². The highest BCUT2D eigenvalue weighted by Crippen LogP contribution is 2.24. The molecule has 0 aliphatic carbocycles. The molecule has 0 spiro atoms. The van der Waals surface area contributed by atoms with Crippen LogP contribution in [0.4, 0.5) is 0 Å². The van der Waals surface area contributed by atoms with E-state index in [0.717, 1.165) is 41.9 Å². The predicted octanol–water partition coefficient (Wildman–Crippen LogP) is 2.81. The van der Waals surface area contributed by atoms with Crippen LogP contribution in [0.2, 0.25) is 0 Å². The number of rotatable bonds is 4. The molecule has 0 atom stereocenters. The van der Waals surface area contributed by atoms with Gasteiger partial charge in [-0.1, -0.05) is 13.0 Å². The van der Waals surface area contributed by atoms with Gasteiger partial charge in [-0.25, -0.2) is 4.79 Å². The molecule has 132 valence electrons. The number of carbonyl (C=O) groups excluding carboxylic acids is 1. The molecule has 1 aliphatic rings. The first-order chi connectivity index (χ1) is 11.9. The van der Waals surface area contributed by atoms with Crippen molar-refractivity contribution in [1.82, 2.24) is 14.7 Å². The van der Waals surface area contributed by atoms with Gasteiger partial charge in [-0.15, -0.1) is 0 Å². The molecule has 2 aromatic rings. The summed E-state index contributed by atoms with van der Waals surface area (Å²) in [5.74, 6) is -0.970. The first-order valence-corrected chi connectivity index (χ1v) is 8.60. The lowest BCUT2D eigenvalue weighted by molar-refractivity contribution is 0.0696. The minimum Gasteiger partial charge on any atom is -0.478 e. The second-order valence-corrected chi connectivity index (χ2v) is 6.53. The summed E-state index contributed by atoms with van der Waals surface area (Å²) in [6.07, 6.45) is 1.70. The van der Waals surface area contributed by atoms with Crippen LogP contribution in [0.15, 0.2) is 18.2 Å². The highest BCUT2D eigenvalue weighted by Gasteiger charge is 2.27. The molecule has 1 aromatic carbocycles. The van der Waals surface area contributed by atoms with Gasteiger partial charge in [0, 0.05) is 25.3 Å². The molecule has 1 N–H and O–H groups in total. The van der Waals surface area contributed by atoms with E-state index in [1.54, 1.807) is 17.0 Å². The molecule has 1 aromatic heterocycles. The molecule has 0 radical (unpaired) electrons. The smallest absolute Gasteiger partial charge is 0.335 e. The third-order valence-electron chi connectivity index (χ3n) is 4.78. The Labute approximate surface area is 147 Å². The van der Waals surface area contributed by atoms with Gasteiger partial charge in [0.1, 0.15) is 0 Å². The Balaban J connectivity index is 1.88. The number of fused-ring (bicyclic) bond motifs is 1. The third-order valence-corrected chi connectivity index (χ3v) is 4.78. The minimum atomic E-state index is -0.946. The van der Waals surface area contributed by atoms with Crippen molar-refractivity contribution >= 4 is 11.9 Å². The Kier molecular flexibility index (Phi) is 4.61. The number of hydrogen-bond acceptors (Lipinski definition) is 3. The highest BCUT2D eigenvalue weighted by atomic mass is 16.4. The maximum absolute atomic E-state index is 13.0. The summed E-state index contributed by atoms with van der Waals surface area (Å²) >= 11 is 0. The zero-order chi connectivity index (χ0) is 18.1. The summed E-state index contributed by atoms with van der Waals surface area (Å²) in [4.78, 5) is 26.0. The van der Waals surface area contributed by atoms with E-state index in [9.17, 15) is 14.7 Å². The number of amides is 1. The molecule has 6 heteroatoms. The van der Waals surface area contributed by atoms with E-state index in [1.807, 2.05) is 24.6 Å². The number of aryl methyl sites for hydroxylation is 2. The Morgan fingerprint density at radius 2 is 2.00 bits per heavy atom. The molecule has 0 fully saturated rings. The summed E-state index contributed by atoms with van der Waals surface area (Å²) in [5.41, 5.74) is 4.61. The van der Waals surface area contributed by atoms with E-state index in [4.69, 9.17) is 0 Å². The maximum atomic E-state index is 13.0. The number of carboxylic acid groups (broad SMARTS) is 1. The average Bonchev–Trinajstić information content (AvgIpc) is 2.87. The zero-order valence-electron chi connectivity index (χ0n) is 14.9. The third kappa shape index (κ3) is 3.16. The monoisotopic (exact) mass is 341 g/mol. The van der Waals surface area contributed by atoms with Gasteiger partial charge < -0.3 is 10.0 Å². The number of aromatic carboxylic acids is 1. The van der Waals surface area contributed by atoms with Crippen LogP contribution < -0.4 is 0 Å². The molecule has 0 unspecified atom stereocenters. The van der Waals surface area contributed by atoms with Crippen LogP contribution in [0.25, 0.3) is 0 Å². The van der Waals surface area contributed by atoms with Gasteiger partial charge in [-0.05, 0) is 49.9 Å². The lowest BCUT2D eigenvalue weighted by atomic mass is 9.96. The van der Waals surface area contributed by atoms with E-state index >= 15 is 0 Å². The Bertz CT molecular complexity index is 839. The van der Waals surface area contributed by atoms with Gasteiger partial charge in [-0.3, -0.25) is 9.48 Å². The van der Waals surface area contributed by atoms with Gasteiger partial charge in [0.15, 0.2) is 0 Å². The van der Waals surface area contributed by atoms with Gasteiger partial charge in [-0.2, -0.15) is 5.10 Å². The van der Waals surface area contributed by atoms with Crippen molar-refractivity contribution in [2.45, 2.75) is 46.7 Å². The largest absolute Gasteiger partial charge is 0.478 e.